The fraction of sp³-hybridized carbons (Fsp3) is 0.250. The first-order valence-corrected chi connectivity index (χ1v) is 6.61. The van der Waals surface area contributed by atoms with Crippen LogP contribution in [0.1, 0.15) is 11.1 Å². The zero-order valence-corrected chi connectivity index (χ0v) is 12.3. The highest BCUT2D eigenvalue weighted by atomic mass is 16.5. The van der Waals surface area contributed by atoms with Crippen LogP contribution in [0.25, 0.3) is 0 Å². The third kappa shape index (κ3) is 3.72. The van der Waals surface area contributed by atoms with E-state index in [4.69, 9.17) is 4.74 Å². The van der Waals surface area contributed by atoms with Crippen molar-refractivity contribution in [2.75, 3.05) is 12.4 Å². The summed E-state index contributed by atoms with van der Waals surface area (Å²) in [4.78, 5) is 23.8. The number of hydrogen-bond donors (Lipinski definition) is 1. The molecule has 1 heterocycles. The lowest BCUT2D eigenvalue weighted by atomic mass is 10.2. The first-order valence-electron chi connectivity index (χ1n) is 6.61. The van der Waals surface area contributed by atoms with Crippen LogP contribution in [0.5, 0.6) is 5.75 Å². The van der Waals surface area contributed by atoms with Gasteiger partial charge in [-0.05, 0) is 37.1 Å². The zero-order valence-electron chi connectivity index (χ0n) is 12.3. The predicted octanol–water partition coefficient (Wildman–Crippen LogP) is 2.11. The van der Waals surface area contributed by atoms with Gasteiger partial charge in [0.05, 0.1) is 12.8 Å². The molecule has 1 aromatic carbocycles. The molecule has 1 aromatic heterocycles. The Balaban J connectivity index is 2.17. The van der Waals surface area contributed by atoms with E-state index in [0.29, 0.717) is 11.4 Å². The summed E-state index contributed by atoms with van der Waals surface area (Å²) in [5.74, 6) is 0.317. The molecule has 0 atom stereocenters. The molecule has 0 saturated carbocycles. The number of carbonyl (C=O) groups excluding carboxylic acids is 1. The predicted molar refractivity (Wildman–Crippen MR) is 81.8 cm³/mol. The molecule has 0 bridgehead atoms. The first-order chi connectivity index (χ1) is 9.99. The van der Waals surface area contributed by atoms with Gasteiger partial charge >= 0.3 is 0 Å². The normalized spacial score (nSPS) is 10.2. The van der Waals surface area contributed by atoms with E-state index in [1.165, 1.54) is 10.6 Å². The lowest BCUT2D eigenvalue weighted by molar-refractivity contribution is -0.116. The first kappa shape index (κ1) is 14.8. The number of benzene rings is 1. The van der Waals surface area contributed by atoms with E-state index >= 15 is 0 Å². The number of nitrogens with zero attached hydrogens (tertiary/aromatic N) is 1. The maximum Gasteiger partial charge on any atom is 0.251 e. The molecular formula is C16H18N2O3. The molecule has 110 valence electrons. The summed E-state index contributed by atoms with van der Waals surface area (Å²) in [5, 5.41) is 2.77. The quantitative estimate of drug-likeness (QED) is 0.936. The average molecular weight is 286 g/mol. The second-order valence-electron chi connectivity index (χ2n) is 4.92. The van der Waals surface area contributed by atoms with Gasteiger partial charge < -0.3 is 14.6 Å². The van der Waals surface area contributed by atoms with E-state index in [1.54, 1.807) is 25.4 Å². The minimum absolute atomic E-state index is 0.0301. The van der Waals surface area contributed by atoms with Crippen LogP contribution >= 0.6 is 0 Å². The summed E-state index contributed by atoms with van der Waals surface area (Å²) in [5.41, 5.74) is 2.34. The van der Waals surface area contributed by atoms with Crippen molar-refractivity contribution in [1.82, 2.24) is 4.57 Å². The standard InChI is InChI=1S/C16H18N2O3/c1-11-4-6-14(21-3)13(8-11)17-15(19)10-18-9-12(2)5-7-16(18)20/h4-9H,10H2,1-3H3,(H,17,19). The molecule has 0 aliphatic rings. The van der Waals surface area contributed by atoms with E-state index in [2.05, 4.69) is 5.32 Å². The Bertz CT molecular complexity index is 720. The maximum atomic E-state index is 12.1. The lowest BCUT2D eigenvalue weighted by Gasteiger charge is -2.12. The van der Waals surface area contributed by atoms with Crippen LogP contribution in [0.4, 0.5) is 5.69 Å². The third-order valence-corrected chi connectivity index (χ3v) is 3.07. The highest BCUT2D eigenvalue weighted by Gasteiger charge is 2.09. The van der Waals surface area contributed by atoms with Gasteiger partial charge in [0.1, 0.15) is 12.3 Å². The largest absolute Gasteiger partial charge is 0.495 e. The van der Waals surface area contributed by atoms with Crippen LogP contribution in [-0.4, -0.2) is 17.6 Å². The molecule has 5 heteroatoms. The van der Waals surface area contributed by atoms with Gasteiger partial charge in [-0.25, -0.2) is 0 Å². The maximum absolute atomic E-state index is 12.1. The molecule has 1 amide bonds. The van der Waals surface area contributed by atoms with Crippen molar-refractivity contribution in [2.45, 2.75) is 20.4 Å². The number of anilines is 1. The van der Waals surface area contributed by atoms with Gasteiger partial charge in [-0.15, -0.1) is 0 Å². The number of nitrogens with one attached hydrogen (secondary N) is 1. The molecule has 0 aliphatic carbocycles. The number of rotatable bonds is 4. The summed E-state index contributed by atoms with van der Waals surface area (Å²) in [6.07, 6.45) is 1.66. The molecule has 2 rings (SSSR count). The van der Waals surface area contributed by atoms with Gasteiger partial charge in [-0.2, -0.15) is 0 Å². The van der Waals surface area contributed by atoms with Gasteiger partial charge in [0.2, 0.25) is 5.91 Å². The monoisotopic (exact) mass is 286 g/mol. The minimum atomic E-state index is -0.272. The van der Waals surface area contributed by atoms with Crippen LogP contribution in [0, 0.1) is 13.8 Å². The van der Waals surface area contributed by atoms with Crippen molar-refractivity contribution < 1.29 is 9.53 Å². The molecule has 0 fully saturated rings. The van der Waals surface area contributed by atoms with E-state index < -0.39 is 0 Å². The zero-order chi connectivity index (χ0) is 15.4. The summed E-state index contributed by atoms with van der Waals surface area (Å²) in [7, 11) is 1.55. The number of hydrogen-bond acceptors (Lipinski definition) is 3. The second-order valence-corrected chi connectivity index (χ2v) is 4.92. The molecule has 0 saturated heterocycles. The van der Waals surface area contributed by atoms with Crippen LogP contribution in [0.3, 0.4) is 0 Å². The van der Waals surface area contributed by atoms with Gasteiger partial charge in [0.15, 0.2) is 0 Å². The SMILES string of the molecule is COc1ccc(C)cc1NC(=O)Cn1cc(C)ccc1=O. The van der Waals surface area contributed by atoms with Crippen LogP contribution < -0.4 is 15.6 Å². The van der Waals surface area contributed by atoms with E-state index in [9.17, 15) is 9.59 Å². The van der Waals surface area contributed by atoms with Crippen molar-refractivity contribution in [1.29, 1.82) is 0 Å². The molecule has 0 aliphatic heterocycles. The second kappa shape index (κ2) is 6.26. The Hall–Kier alpha value is -2.56. The molecular weight excluding hydrogens is 268 g/mol. The number of carbonyl (C=O) groups is 1. The van der Waals surface area contributed by atoms with Crippen LogP contribution in [0.15, 0.2) is 41.3 Å². The number of aromatic nitrogens is 1. The van der Waals surface area contributed by atoms with Gasteiger partial charge in [0.25, 0.3) is 5.56 Å². The van der Waals surface area contributed by atoms with Gasteiger partial charge in [-0.1, -0.05) is 12.1 Å². The van der Waals surface area contributed by atoms with Crippen molar-refractivity contribution in [3.63, 3.8) is 0 Å². The van der Waals surface area contributed by atoms with Gasteiger partial charge in [0, 0.05) is 12.3 Å². The van der Waals surface area contributed by atoms with Crippen LogP contribution in [-0.2, 0) is 11.3 Å². The van der Waals surface area contributed by atoms with E-state index in [-0.39, 0.29) is 18.0 Å². The number of pyridine rings is 1. The summed E-state index contributed by atoms with van der Waals surface area (Å²) in [6.45, 7) is 3.77. The average Bonchev–Trinajstić information content (AvgIpc) is 2.43. The van der Waals surface area contributed by atoms with Gasteiger partial charge in [-0.3, -0.25) is 9.59 Å². The smallest absolute Gasteiger partial charge is 0.251 e. The van der Waals surface area contributed by atoms with E-state index in [0.717, 1.165) is 11.1 Å². The van der Waals surface area contributed by atoms with Crippen molar-refractivity contribution in [2.24, 2.45) is 0 Å². The Morgan fingerprint density at radius 2 is 1.90 bits per heavy atom. The highest BCUT2D eigenvalue weighted by Crippen LogP contribution is 2.25. The Morgan fingerprint density at radius 1 is 1.19 bits per heavy atom. The van der Waals surface area contributed by atoms with Crippen molar-refractivity contribution in [3.05, 3.63) is 58.0 Å². The fourth-order valence-corrected chi connectivity index (χ4v) is 2.04. The highest BCUT2D eigenvalue weighted by molar-refractivity contribution is 5.92. The number of amides is 1. The molecule has 0 spiro atoms. The topological polar surface area (TPSA) is 60.3 Å². The Labute approximate surface area is 123 Å². The fourth-order valence-electron chi connectivity index (χ4n) is 2.04. The van der Waals surface area contributed by atoms with E-state index in [1.807, 2.05) is 26.0 Å². The third-order valence-electron chi connectivity index (χ3n) is 3.07. The molecule has 0 unspecified atom stereocenters. The summed E-state index contributed by atoms with van der Waals surface area (Å²) in [6, 6.07) is 8.70. The van der Waals surface area contributed by atoms with Crippen molar-refractivity contribution in [3.8, 4) is 5.75 Å². The lowest BCUT2D eigenvalue weighted by Crippen LogP contribution is -2.27. The Morgan fingerprint density at radius 3 is 2.62 bits per heavy atom. The van der Waals surface area contributed by atoms with Crippen molar-refractivity contribution >= 4 is 11.6 Å². The molecule has 5 nitrogen and oxygen atoms in total. The summed E-state index contributed by atoms with van der Waals surface area (Å²) < 4.78 is 6.59. The Kier molecular flexibility index (Phi) is 4.42. The number of aryl methyl sites for hydroxylation is 2. The molecule has 21 heavy (non-hydrogen) atoms. The number of methoxy groups -OCH3 is 1. The van der Waals surface area contributed by atoms with Crippen LogP contribution in [0.2, 0.25) is 0 Å². The molecule has 0 radical (unpaired) electrons. The number of ether oxygens (including phenoxy) is 1. The summed E-state index contributed by atoms with van der Waals surface area (Å²) >= 11 is 0. The molecule has 2 aromatic rings. The molecule has 1 N–H and O–H groups in total. The minimum Gasteiger partial charge on any atom is -0.495 e.